The van der Waals surface area contributed by atoms with Gasteiger partial charge in [-0.25, -0.2) is 0 Å². The van der Waals surface area contributed by atoms with Crippen molar-refractivity contribution >= 4 is 17.3 Å². The molecule has 2 rings (SSSR count). The highest BCUT2D eigenvalue weighted by atomic mass is 35.5. The Bertz CT molecular complexity index is 416. The monoisotopic (exact) mass is 265 g/mol. The van der Waals surface area contributed by atoms with Gasteiger partial charge in [-0.05, 0) is 31.0 Å². The summed E-state index contributed by atoms with van der Waals surface area (Å²) < 4.78 is 42.1. The summed E-state index contributed by atoms with van der Waals surface area (Å²) in [7, 11) is 0. The van der Waals surface area contributed by atoms with Crippen LogP contribution >= 0.6 is 11.6 Å². The molecule has 1 aliphatic carbocycles. The van der Waals surface area contributed by atoms with Gasteiger partial charge in [-0.1, -0.05) is 11.6 Å². The molecule has 0 aliphatic heterocycles. The van der Waals surface area contributed by atoms with Crippen LogP contribution in [0.2, 0.25) is 5.02 Å². The van der Waals surface area contributed by atoms with E-state index >= 15 is 0 Å². The van der Waals surface area contributed by atoms with Gasteiger partial charge in [0.15, 0.2) is 0 Å². The SMILES string of the molecule is Nc1ccc(OC2CC(C(F)(F)F)C2)c(Cl)c1. The molecule has 1 saturated carbocycles. The van der Waals surface area contributed by atoms with Crippen LogP contribution in [-0.2, 0) is 0 Å². The van der Waals surface area contributed by atoms with Crippen molar-refractivity contribution in [2.24, 2.45) is 5.92 Å². The predicted molar refractivity (Wildman–Crippen MR) is 59.1 cm³/mol. The van der Waals surface area contributed by atoms with Crippen LogP contribution in [0.4, 0.5) is 18.9 Å². The lowest BCUT2D eigenvalue weighted by atomic mass is 9.82. The standard InChI is InChI=1S/C11H11ClF3NO/c12-9-5-7(16)1-2-10(9)17-8-3-6(4-8)11(13,14)15/h1-2,5-6,8H,3-4,16H2. The smallest absolute Gasteiger partial charge is 0.392 e. The third kappa shape index (κ3) is 2.77. The van der Waals surface area contributed by atoms with Crippen molar-refractivity contribution in [3.05, 3.63) is 23.2 Å². The van der Waals surface area contributed by atoms with E-state index in [0.29, 0.717) is 16.5 Å². The minimum atomic E-state index is -4.12. The van der Waals surface area contributed by atoms with Crippen molar-refractivity contribution in [3.63, 3.8) is 0 Å². The zero-order chi connectivity index (χ0) is 12.6. The molecule has 1 fully saturated rings. The van der Waals surface area contributed by atoms with Crippen molar-refractivity contribution in [2.75, 3.05) is 5.73 Å². The summed E-state index contributed by atoms with van der Waals surface area (Å²) >= 11 is 5.85. The first kappa shape index (κ1) is 12.4. The van der Waals surface area contributed by atoms with Crippen LogP contribution in [0.15, 0.2) is 18.2 Å². The Morgan fingerprint density at radius 3 is 2.47 bits per heavy atom. The van der Waals surface area contributed by atoms with Gasteiger partial charge in [-0.3, -0.25) is 0 Å². The van der Waals surface area contributed by atoms with Crippen molar-refractivity contribution in [1.29, 1.82) is 0 Å². The Kier molecular flexibility index (Phi) is 3.12. The van der Waals surface area contributed by atoms with Gasteiger partial charge in [0, 0.05) is 5.69 Å². The van der Waals surface area contributed by atoms with Gasteiger partial charge in [-0.15, -0.1) is 0 Å². The normalized spacial score (nSPS) is 24.2. The molecule has 94 valence electrons. The molecule has 1 aromatic carbocycles. The molecule has 17 heavy (non-hydrogen) atoms. The van der Waals surface area contributed by atoms with E-state index in [1.807, 2.05) is 0 Å². The number of hydrogen-bond acceptors (Lipinski definition) is 2. The first-order chi connectivity index (χ1) is 7.86. The van der Waals surface area contributed by atoms with Crippen LogP contribution in [0.1, 0.15) is 12.8 Å². The lowest BCUT2D eigenvalue weighted by Crippen LogP contribution is -2.42. The summed E-state index contributed by atoms with van der Waals surface area (Å²) in [5.74, 6) is -0.869. The highest BCUT2D eigenvalue weighted by molar-refractivity contribution is 6.32. The predicted octanol–water partition coefficient (Wildman–Crippen LogP) is 3.64. The number of alkyl halides is 3. The molecular formula is C11H11ClF3NO. The minimum absolute atomic E-state index is 0.00972. The summed E-state index contributed by atoms with van der Waals surface area (Å²) in [6.07, 6.45) is -4.55. The molecule has 2 nitrogen and oxygen atoms in total. The van der Waals surface area contributed by atoms with Crippen LogP contribution in [0, 0.1) is 5.92 Å². The van der Waals surface area contributed by atoms with E-state index in [1.165, 1.54) is 6.07 Å². The average Bonchev–Trinajstić information content (AvgIpc) is 2.11. The maximum atomic E-state index is 12.2. The molecule has 0 heterocycles. The van der Waals surface area contributed by atoms with E-state index in [-0.39, 0.29) is 12.8 Å². The molecule has 0 amide bonds. The van der Waals surface area contributed by atoms with Gasteiger partial charge in [0.1, 0.15) is 5.75 Å². The second kappa shape index (κ2) is 4.29. The Morgan fingerprint density at radius 2 is 1.94 bits per heavy atom. The van der Waals surface area contributed by atoms with Crippen LogP contribution in [-0.4, -0.2) is 12.3 Å². The molecule has 0 saturated heterocycles. The number of rotatable bonds is 2. The zero-order valence-electron chi connectivity index (χ0n) is 8.80. The molecule has 0 unspecified atom stereocenters. The van der Waals surface area contributed by atoms with Crippen molar-refractivity contribution in [3.8, 4) is 5.75 Å². The highest BCUT2D eigenvalue weighted by Gasteiger charge is 2.48. The van der Waals surface area contributed by atoms with Crippen molar-refractivity contribution in [1.82, 2.24) is 0 Å². The van der Waals surface area contributed by atoms with Gasteiger partial charge < -0.3 is 10.5 Å². The Labute approximate surface area is 102 Å². The lowest BCUT2D eigenvalue weighted by Gasteiger charge is -2.36. The maximum absolute atomic E-state index is 12.2. The third-order valence-electron chi connectivity index (χ3n) is 2.81. The Balaban J connectivity index is 1.92. The largest absolute Gasteiger partial charge is 0.489 e. The van der Waals surface area contributed by atoms with E-state index in [4.69, 9.17) is 22.1 Å². The molecule has 1 aromatic rings. The number of halogens is 4. The van der Waals surface area contributed by atoms with Crippen molar-refractivity contribution in [2.45, 2.75) is 25.1 Å². The van der Waals surface area contributed by atoms with E-state index in [9.17, 15) is 13.2 Å². The molecule has 0 aromatic heterocycles. The number of hydrogen-bond donors (Lipinski definition) is 1. The molecule has 2 N–H and O–H groups in total. The maximum Gasteiger partial charge on any atom is 0.392 e. The second-order valence-electron chi connectivity index (χ2n) is 4.14. The average molecular weight is 266 g/mol. The third-order valence-corrected chi connectivity index (χ3v) is 3.10. The fourth-order valence-electron chi connectivity index (χ4n) is 1.72. The second-order valence-corrected chi connectivity index (χ2v) is 4.55. The molecule has 0 spiro atoms. The fourth-order valence-corrected chi connectivity index (χ4v) is 1.95. The molecule has 0 atom stereocenters. The van der Waals surface area contributed by atoms with Gasteiger partial charge in [0.05, 0.1) is 17.0 Å². The zero-order valence-corrected chi connectivity index (χ0v) is 9.55. The van der Waals surface area contributed by atoms with Gasteiger partial charge in [0.2, 0.25) is 0 Å². The first-order valence-electron chi connectivity index (χ1n) is 5.14. The lowest BCUT2D eigenvalue weighted by molar-refractivity contribution is -0.210. The molecular weight excluding hydrogens is 255 g/mol. The molecule has 6 heteroatoms. The number of anilines is 1. The fraction of sp³-hybridized carbons (Fsp3) is 0.455. The van der Waals surface area contributed by atoms with Gasteiger partial charge in [0.25, 0.3) is 0 Å². The van der Waals surface area contributed by atoms with Gasteiger partial charge in [-0.2, -0.15) is 13.2 Å². The molecule has 0 bridgehead atoms. The van der Waals surface area contributed by atoms with E-state index in [0.717, 1.165) is 0 Å². The summed E-state index contributed by atoms with van der Waals surface area (Å²) in [6, 6.07) is 4.68. The van der Waals surface area contributed by atoms with Crippen LogP contribution in [0.3, 0.4) is 0 Å². The minimum Gasteiger partial charge on any atom is -0.489 e. The summed E-state index contributed by atoms with van der Waals surface area (Å²) in [5, 5.41) is 0.320. The van der Waals surface area contributed by atoms with Crippen molar-refractivity contribution < 1.29 is 17.9 Å². The highest BCUT2D eigenvalue weighted by Crippen LogP contribution is 2.43. The topological polar surface area (TPSA) is 35.2 Å². The van der Waals surface area contributed by atoms with Crippen LogP contribution in [0.5, 0.6) is 5.75 Å². The first-order valence-corrected chi connectivity index (χ1v) is 5.52. The van der Waals surface area contributed by atoms with E-state index in [1.54, 1.807) is 12.1 Å². The van der Waals surface area contributed by atoms with E-state index < -0.39 is 18.2 Å². The summed E-state index contributed by atoms with van der Waals surface area (Å²) in [4.78, 5) is 0. The number of ether oxygens (including phenoxy) is 1. The summed E-state index contributed by atoms with van der Waals surface area (Å²) in [5.41, 5.74) is 5.99. The van der Waals surface area contributed by atoms with E-state index in [2.05, 4.69) is 0 Å². The molecule has 0 radical (unpaired) electrons. The number of benzene rings is 1. The number of nitrogen functional groups attached to an aromatic ring is 1. The van der Waals surface area contributed by atoms with Crippen LogP contribution < -0.4 is 10.5 Å². The summed E-state index contributed by atoms with van der Waals surface area (Å²) in [6.45, 7) is 0. The quantitative estimate of drug-likeness (QED) is 0.829. The van der Waals surface area contributed by atoms with Gasteiger partial charge >= 0.3 is 6.18 Å². The molecule has 1 aliphatic rings. The Hall–Kier alpha value is -1.10. The number of nitrogens with two attached hydrogens (primary N) is 1. The Morgan fingerprint density at radius 1 is 1.29 bits per heavy atom. The van der Waals surface area contributed by atoms with Crippen LogP contribution in [0.25, 0.3) is 0 Å².